The van der Waals surface area contributed by atoms with E-state index in [4.69, 9.17) is 4.74 Å². The van der Waals surface area contributed by atoms with Crippen LogP contribution in [0.2, 0.25) is 0 Å². The van der Waals surface area contributed by atoms with E-state index in [0.717, 1.165) is 35.2 Å². The van der Waals surface area contributed by atoms with E-state index in [9.17, 15) is 22.8 Å². The van der Waals surface area contributed by atoms with E-state index in [1.54, 1.807) is 11.4 Å². The molecule has 4 aromatic rings. The molecule has 1 amide bonds. The SMILES string of the molecule is COc1ccc(C)cc1-c1csc(NC(=O)c2cnn(-c3ccc(=O)[nH]n3)c2C(F)(F)F)n1. The van der Waals surface area contributed by atoms with E-state index in [1.807, 2.05) is 24.2 Å². The minimum atomic E-state index is -4.93. The molecule has 33 heavy (non-hydrogen) atoms. The summed E-state index contributed by atoms with van der Waals surface area (Å²) in [6.07, 6.45) is -4.15. The second-order valence-electron chi connectivity index (χ2n) is 6.79. The third kappa shape index (κ3) is 4.48. The lowest BCUT2D eigenvalue weighted by molar-refractivity contribution is -0.143. The standard InChI is InChI=1S/C20H15F3N6O3S/c1-10-3-4-14(32-2)11(7-10)13-9-33-19(25-13)26-18(31)12-8-24-29(17(12)20(21,22)23)15-5-6-16(30)28-27-15/h3-9H,1-2H3,(H,28,30)(H,25,26,31). The van der Waals surface area contributed by atoms with Crippen molar-refractivity contribution in [2.75, 3.05) is 12.4 Å². The number of benzene rings is 1. The molecule has 0 bridgehead atoms. The van der Waals surface area contributed by atoms with Crippen molar-refractivity contribution in [1.82, 2.24) is 25.0 Å². The van der Waals surface area contributed by atoms with E-state index in [-0.39, 0.29) is 10.9 Å². The van der Waals surface area contributed by atoms with Crippen LogP contribution in [0.5, 0.6) is 5.75 Å². The molecule has 0 saturated carbocycles. The summed E-state index contributed by atoms with van der Waals surface area (Å²) in [7, 11) is 1.51. The maximum absolute atomic E-state index is 13.8. The van der Waals surface area contributed by atoms with Gasteiger partial charge in [0.05, 0.1) is 24.6 Å². The Hall–Kier alpha value is -4.00. The maximum atomic E-state index is 13.8. The number of halogens is 3. The van der Waals surface area contributed by atoms with Crippen molar-refractivity contribution in [1.29, 1.82) is 0 Å². The molecule has 0 spiro atoms. The van der Waals surface area contributed by atoms with Crippen LogP contribution in [0.1, 0.15) is 21.6 Å². The fourth-order valence-electron chi connectivity index (χ4n) is 3.06. The first-order chi connectivity index (χ1) is 15.7. The molecule has 0 aliphatic rings. The molecule has 3 aromatic heterocycles. The van der Waals surface area contributed by atoms with Gasteiger partial charge >= 0.3 is 6.18 Å². The number of nitrogens with one attached hydrogen (secondary N) is 2. The first kappa shape index (κ1) is 22.2. The van der Waals surface area contributed by atoms with Gasteiger partial charge in [0.1, 0.15) is 5.75 Å². The zero-order chi connectivity index (χ0) is 23.8. The van der Waals surface area contributed by atoms with Gasteiger partial charge < -0.3 is 4.74 Å². The van der Waals surface area contributed by atoms with Crippen molar-refractivity contribution in [3.05, 3.63) is 69.1 Å². The Morgan fingerprint density at radius 2 is 2.03 bits per heavy atom. The summed E-state index contributed by atoms with van der Waals surface area (Å²) in [6.45, 7) is 1.89. The largest absolute Gasteiger partial charge is 0.496 e. The number of carbonyl (C=O) groups is 1. The van der Waals surface area contributed by atoms with Gasteiger partial charge in [-0.3, -0.25) is 14.9 Å². The quantitative estimate of drug-likeness (QED) is 0.454. The Balaban J connectivity index is 1.66. The minimum absolute atomic E-state index is 0.0987. The van der Waals surface area contributed by atoms with Crippen LogP contribution in [-0.4, -0.2) is 38.0 Å². The first-order valence-electron chi connectivity index (χ1n) is 9.30. The summed E-state index contributed by atoms with van der Waals surface area (Å²) >= 11 is 1.05. The van der Waals surface area contributed by atoms with Gasteiger partial charge in [0.2, 0.25) is 0 Å². The van der Waals surface area contributed by atoms with Gasteiger partial charge in [0.25, 0.3) is 11.5 Å². The van der Waals surface area contributed by atoms with Gasteiger partial charge in [0, 0.05) is 17.0 Å². The number of methoxy groups -OCH3 is 1. The molecule has 0 radical (unpaired) electrons. The van der Waals surface area contributed by atoms with Crippen molar-refractivity contribution in [3.8, 4) is 22.8 Å². The molecule has 13 heteroatoms. The molecule has 2 N–H and O–H groups in total. The summed E-state index contributed by atoms with van der Waals surface area (Å²) in [4.78, 5) is 28.2. The number of thiazole rings is 1. The fourth-order valence-corrected chi connectivity index (χ4v) is 3.76. The number of aryl methyl sites for hydroxylation is 1. The van der Waals surface area contributed by atoms with Gasteiger partial charge in [0.15, 0.2) is 16.6 Å². The average Bonchev–Trinajstić information content (AvgIpc) is 3.41. The summed E-state index contributed by atoms with van der Waals surface area (Å²) in [5, 5.41) is 13.4. The first-order valence-corrected chi connectivity index (χ1v) is 10.2. The molecule has 9 nitrogen and oxygen atoms in total. The highest BCUT2D eigenvalue weighted by Crippen LogP contribution is 2.35. The highest BCUT2D eigenvalue weighted by atomic mass is 32.1. The van der Waals surface area contributed by atoms with Crippen LogP contribution in [0.15, 0.2) is 46.7 Å². The van der Waals surface area contributed by atoms with E-state index < -0.39 is 28.9 Å². The second kappa shape index (κ2) is 8.50. The highest BCUT2D eigenvalue weighted by molar-refractivity contribution is 7.14. The lowest BCUT2D eigenvalue weighted by Gasteiger charge is -2.11. The van der Waals surface area contributed by atoms with Crippen LogP contribution in [0, 0.1) is 6.92 Å². The number of hydrogen-bond acceptors (Lipinski definition) is 7. The molecule has 3 heterocycles. The third-order valence-electron chi connectivity index (χ3n) is 4.52. The lowest BCUT2D eigenvalue weighted by atomic mass is 10.1. The van der Waals surface area contributed by atoms with Gasteiger partial charge in [-0.1, -0.05) is 11.6 Å². The van der Waals surface area contributed by atoms with Crippen LogP contribution < -0.4 is 15.6 Å². The highest BCUT2D eigenvalue weighted by Gasteiger charge is 2.41. The number of alkyl halides is 3. The summed E-state index contributed by atoms with van der Waals surface area (Å²) in [6, 6.07) is 7.55. The predicted molar refractivity (Wildman–Crippen MR) is 114 cm³/mol. The maximum Gasteiger partial charge on any atom is 0.434 e. The molecule has 0 aliphatic carbocycles. The number of ether oxygens (including phenoxy) is 1. The molecular formula is C20H15F3N6O3S. The molecule has 0 saturated heterocycles. The molecule has 0 aliphatic heterocycles. The number of nitrogens with zero attached hydrogens (tertiary/aromatic N) is 4. The molecule has 170 valence electrons. The average molecular weight is 476 g/mol. The Morgan fingerprint density at radius 3 is 2.70 bits per heavy atom. The molecule has 0 atom stereocenters. The van der Waals surface area contributed by atoms with Crippen LogP contribution in [-0.2, 0) is 6.18 Å². The normalized spacial score (nSPS) is 11.4. The molecule has 0 unspecified atom stereocenters. The monoisotopic (exact) mass is 476 g/mol. The lowest BCUT2D eigenvalue weighted by Crippen LogP contribution is -2.21. The van der Waals surface area contributed by atoms with E-state index >= 15 is 0 Å². The van der Waals surface area contributed by atoms with Crippen molar-refractivity contribution in [2.24, 2.45) is 0 Å². The number of amides is 1. The predicted octanol–water partition coefficient (Wildman–Crippen LogP) is 3.67. The van der Waals surface area contributed by atoms with Crippen molar-refractivity contribution in [2.45, 2.75) is 13.1 Å². The Labute approximate surface area is 187 Å². The van der Waals surface area contributed by atoms with E-state index in [1.165, 1.54) is 7.11 Å². The Bertz CT molecular complexity index is 1370. The summed E-state index contributed by atoms with van der Waals surface area (Å²) in [5.41, 5.74) is -0.510. The summed E-state index contributed by atoms with van der Waals surface area (Å²) in [5.74, 6) is -0.781. The molecule has 4 rings (SSSR count). The molecular weight excluding hydrogens is 461 g/mol. The van der Waals surface area contributed by atoms with Crippen molar-refractivity contribution >= 4 is 22.4 Å². The van der Waals surface area contributed by atoms with Gasteiger partial charge in [-0.15, -0.1) is 11.3 Å². The number of aromatic amines is 1. The Kier molecular flexibility index (Phi) is 5.72. The second-order valence-corrected chi connectivity index (χ2v) is 7.65. The third-order valence-corrected chi connectivity index (χ3v) is 5.28. The molecule has 1 aromatic carbocycles. The zero-order valence-corrected chi connectivity index (χ0v) is 17.9. The van der Waals surface area contributed by atoms with Gasteiger partial charge in [-0.2, -0.15) is 23.4 Å². The van der Waals surface area contributed by atoms with Gasteiger partial charge in [-0.25, -0.2) is 14.8 Å². The summed E-state index contributed by atoms with van der Waals surface area (Å²) < 4.78 is 47.1. The number of hydrogen-bond donors (Lipinski definition) is 2. The van der Waals surface area contributed by atoms with Crippen LogP contribution in [0.3, 0.4) is 0 Å². The number of H-pyrrole nitrogens is 1. The van der Waals surface area contributed by atoms with Crippen molar-refractivity contribution < 1.29 is 22.7 Å². The number of aromatic nitrogens is 5. The number of anilines is 1. The van der Waals surface area contributed by atoms with Crippen LogP contribution >= 0.6 is 11.3 Å². The smallest absolute Gasteiger partial charge is 0.434 e. The van der Waals surface area contributed by atoms with E-state index in [2.05, 4.69) is 20.5 Å². The van der Waals surface area contributed by atoms with Crippen molar-refractivity contribution in [3.63, 3.8) is 0 Å². The fraction of sp³-hybridized carbons (Fsp3) is 0.150. The number of carbonyl (C=O) groups excluding carboxylic acids is 1. The Morgan fingerprint density at radius 1 is 1.24 bits per heavy atom. The van der Waals surface area contributed by atoms with Crippen LogP contribution in [0.4, 0.5) is 18.3 Å². The number of rotatable bonds is 5. The zero-order valence-electron chi connectivity index (χ0n) is 17.1. The van der Waals surface area contributed by atoms with Crippen LogP contribution in [0.25, 0.3) is 17.1 Å². The van der Waals surface area contributed by atoms with E-state index in [0.29, 0.717) is 21.7 Å². The van der Waals surface area contributed by atoms with Gasteiger partial charge in [-0.05, 0) is 25.1 Å². The molecule has 0 fully saturated rings. The minimum Gasteiger partial charge on any atom is -0.496 e. The topological polar surface area (TPSA) is 115 Å².